The molecule has 6 nitrogen and oxygen atoms in total. The van der Waals surface area contributed by atoms with E-state index in [9.17, 15) is 9.59 Å². The Morgan fingerprint density at radius 1 is 1.38 bits per heavy atom. The third kappa shape index (κ3) is 4.19. The smallest absolute Gasteiger partial charge is 0.320 e. The van der Waals surface area contributed by atoms with Crippen LogP contribution in [0.2, 0.25) is 0 Å². The highest BCUT2D eigenvalue weighted by molar-refractivity contribution is 5.80. The summed E-state index contributed by atoms with van der Waals surface area (Å²) in [6.45, 7) is 1.22. The first-order chi connectivity index (χ1) is 10.1. The van der Waals surface area contributed by atoms with E-state index in [0.29, 0.717) is 19.5 Å². The molecule has 1 aromatic rings. The quantitative estimate of drug-likeness (QED) is 0.813. The molecular formula is C15H20N2O4. The molecule has 1 heterocycles. The summed E-state index contributed by atoms with van der Waals surface area (Å²) in [5.41, 5.74) is 0.973. The van der Waals surface area contributed by atoms with Crippen LogP contribution in [0.15, 0.2) is 24.3 Å². The maximum Gasteiger partial charge on any atom is 0.320 e. The average molecular weight is 292 g/mol. The zero-order valence-electron chi connectivity index (χ0n) is 12.0. The Hall–Kier alpha value is -2.08. The van der Waals surface area contributed by atoms with Crippen LogP contribution in [-0.2, 0) is 16.1 Å². The van der Waals surface area contributed by atoms with Crippen molar-refractivity contribution in [2.75, 3.05) is 20.2 Å². The molecule has 0 aromatic heterocycles. The van der Waals surface area contributed by atoms with E-state index < -0.39 is 12.0 Å². The number of carbonyl (C=O) groups excluding carboxylic acids is 1. The van der Waals surface area contributed by atoms with Crippen LogP contribution >= 0.6 is 0 Å². The standard InChI is InChI=1S/C15H20N2O4/c1-21-12-6-4-11(5-7-12)9-16-14(18)10-17-8-2-3-13(17)15(19)20/h4-7,13H,2-3,8-10H2,1H3,(H,16,18)(H,19,20). The zero-order valence-corrected chi connectivity index (χ0v) is 12.0. The van der Waals surface area contributed by atoms with Crippen LogP contribution in [0.4, 0.5) is 0 Å². The molecule has 1 fully saturated rings. The van der Waals surface area contributed by atoms with Gasteiger partial charge in [0, 0.05) is 6.54 Å². The average Bonchev–Trinajstić information content (AvgIpc) is 2.94. The highest BCUT2D eigenvalue weighted by atomic mass is 16.5. The number of aliphatic carboxylic acids is 1. The molecule has 0 aliphatic carbocycles. The van der Waals surface area contributed by atoms with Crippen molar-refractivity contribution >= 4 is 11.9 Å². The predicted octanol–water partition coefficient (Wildman–Crippen LogP) is 0.860. The van der Waals surface area contributed by atoms with Gasteiger partial charge >= 0.3 is 5.97 Å². The predicted molar refractivity (Wildman–Crippen MR) is 77.1 cm³/mol. The zero-order chi connectivity index (χ0) is 15.2. The molecule has 114 valence electrons. The number of nitrogens with zero attached hydrogens (tertiary/aromatic N) is 1. The van der Waals surface area contributed by atoms with Gasteiger partial charge < -0.3 is 15.2 Å². The number of carboxylic acids is 1. The number of benzene rings is 1. The summed E-state index contributed by atoms with van der Waals surface area (Å²) in [6.07, 6.45) is 1.43. The molecule has 1 saturated heterocycles. The van der Waals surface area contributed by atoms with Gasteiger partial charge in [-0.1, -0.05) is 12.1 Å². The molecule has 21 heavy (non-hydrogen) atoms. The normalized spacial score (nSPS) is 18.4. The van der Waals surface area contributed by atoms with E-state index in [1.54, 1.807) is 12.0 Å². The van der Waals surface area contributed by atoms with Gasteiger partial charge in [0.2, 0.25) is 5.91 Å². The molecule has 2 N–H and O–H groups in total. The molecule has 1 aliphatic rings. The fourth-order valence-electron chi connectivity index (χ4n) is 2.48. The number of methoxy groups -OCH3 is 1. The van der Waals surface area contributed by atoms with Crippen molar-refractivity contribution in [2.45, 2.75) is 25.4 Å². The molecule has 6 heteroatoms. The summed E-state index contributed by atoms with van der Waals surface area (Å²) < 4.78 is 5.07. The Balaban J connectivity index is 1.80. The van der Waals surface area contributed by atoms with E-state index in [4.69, 9.17) is 9.84 Å². The Bertz CT molecular complexity index is 501. The van der Waals surface area contributed by atoms with E-state index in [-0.39, 0.29) is 12.5 Å². The van der Waals surface area contributed by atoms with E-state index in [1.165, 1.54) is 0 Å². The Labute approximate surface area is 123 Å². The lowest BCUT2D eigenvalue weighted by molar-refractivity contribution is -0.142. The number of hydrogen-bond acceptors (Lipinski definition) is 4. The Kier molecular flexibility index (Phi) is 5.16. The van der Waals surface area contributed by atoms with Crippen molar-refractivity contribution in [1.82, 2.24) is 10.2 Å². The topological polar surface area (TPSA) is 78.9 Å². The van der Waals surface area contributed by atoms with Crippen LogP contribution < -0.4 is 10.1 Å². The first-order valence-electron chi connectivity index (χ1n) is 6.96. The second kappa shape index (κ2) is 7.08. The molecule has 0 saturated carbocycles. The van der Waals surface area contributed by atoms with Crippen LogP contribution in [0.3, 0.4) is 0 Å². The van der Waals surface area contributed by atoms with E-state index in [1.807, 2.05) is 24.3 Å². The van der Waals surface area contributed by atoms with Crippen LogP contribution in [0, 0.1) is 0 Å². The second-order valence-corrected chi connectivity index (χ2v) is 5.09. The lowest BCUT2D eigenvalue weighted by Gasteiger charge is -2.20. The van der Waals surface area contributed by atoms with Crippen molar-refractivity contribution < 1.29 is 19.4 Å². The summed E-state index contributed by atoms with van der Waals surface area (Å²) >= 11 is 0. The summed E-state index contributed by atoms with van der Waals surface area (Å²) in [5, 5.41) is 11.9. The molecule has 1 amide bonds. The molecule has 1 aromatic carbocycles. The number of ether oxygens (including phenoxy) is 1. The van der Waals surface area contributed by atoms with Gasteiger partial charge in [-0.2, -0.15) is 0 Å². The number of rotatable bonds is 6. The van der Waals surface area contributed by atoms with Crippen LogP contribution in [-0.4, -0.2) is 48.1 Å². The van der Waals surface area contributed by atoms with Crippen LogP contribution in [0.1, 0.15) is 18.4 Å². The van der Waals surface area contributed by atoms with Gasteiger partial charge in [-0.05, 0) is 37.1 Å². The summed E-state index contributed by atoms with van der Waals surface area (Å²) in [7, 11) is 1.60. The SMILES string of the molecule is COc1ccc(CNC(=O)CN2CCCC2C(=O)O)cc1. The number of nitrogens with one attached hydrogen (secondary N) is 1. The van der Waals surface area contributed by atoms with Crippen molar-refractivity contribution in [3.8, 4) is 5.75 Å². The maximum absolute atomic E-state index is 11.9. The molecule has 2 rings (SSSR count). The third-order valence-corrected chi connectivity index (χ3v) is 3.64. The molecule has 1 unspecified atom stereocenters. The maximum atomic E-state index is 11.9. The first kappa shape index (κ1) is 15.3. The number of likely N-dealkylation sites (tertiary alicyclic amines) is 1. The summed E-state index contributed by atoms with van der Waals surface area (Å²) in [4.78, 5) is 24.7. The molecule has 0 bridgehead atoms. The lowest BCUT2D eigenvalue weighted by atomic mass is 10.2. The highest BCUT2D eigenvalue weighted by Gasteiger charge is 2.31. The van der Waals surface area contributed by atoms with Gasteiger partial charge in [-0.15, -0.1) is 0 Å². The van der Waals surface area contributed by atoms with E-state index in [2.05, 4.69) is 5.32 Å². The number of carboxylic acid groups (broad SMARTS) is 1. The first-order valence-corrected chi connectivity index (χ1v) is 6.96. The van der Waals surface area contributed by atoms with Gasteiger partial charge in [0.25, 0.3) is 0 Å². The highest BCUT2D eigenvalue weighted by Crippen LogP contribution is 2.16. The minimum atomic E-state index is -0.851. The van der Waals surface area contributed by atoms with Crippen molar-refractivity contribution in [1.29, 1.82) is 0 Å². The Morgan fingerprint density at radius 3 is 2.71 bits per heavy atom. The third-order valence-electron chi connectivity index (χ3n) is 3.64. The fourth-order valence-corrected chi connectivity index (χ4v) is 2.48. The molecule has 1 aliphatic heterocycles. The van der Waals surface area contributed by atoms with Crippen molar-refractivity contribution in [3.63, 3.8) is 0 Å². The fraction of sp³-hybridized carbons (Fsp3) is 0.467. The molecule has 0 spiro atoms. The van der Waals surface area contributed by atoms with Gasteiger partial charge in [-0.3, -0.25) is 14.5 Å². The monoisotopic (exact) mass is 292 g/mol. The lowest BCUT2D eigenvalue weighted by Crippen LogP contribution is -2.42. The number of carbonyl (C=O) groups is 2. The number of amides is 1. The second-order valence-electron chi connectivity index (χ2n) is 5.09. The minimum absolute atomic E-state index is 0.132. The van der Waals surface area contributed by atoms with Gasteiger partial charge in [0.1, 0.15) is 11.8 Å². The summed E-state index contributed by atoms with van der Waals surface area (Å²) in [6, 6.07) is 6.91. The van der Waals surface area contributed by atoms with Gasteiger partial charge in [0.15, 0.2) is 0 Å². The van der Waals surface area contributed by atoms with Crippen molar-refractivity contribution in [2.24, 2.45) is 0 Å². The van der Waals surface area contributed by atoms with E-state index >= 15 is 0 Å². The largest absolute Gasteiger partial charge is 0.497 e. The van der Waals surface area contributed by atoms with Crippen LogP contribution in [0.5, 0.6) is 5.75 Å². The molecular weight excluding hydrogens is 272 g/mol. The molecule has 1 atom stereocenters. The van der Waals surface area contributed by atoms with Crippen LogP contribution in [0.25, 0.3) is 0 Å². The van der Waals surface area contributed by atoms with Gasteiger partial charge in [-0.25, -0.2) is 0 Å². The van der Waals surface area contributed by atoms with Gasteiger partial charge in [0.05, 0.1) is 13.7 Å². The number of hydrogen-bond donors (Lipinski definition) is 2. The summed E-state index contributed by atoms with van der Waals surface area (Å²) in [5.74, 6) is -0.235. The van der Waals surface area contributed by atoms with Crippen molar-refractivity contribution in [3.05, 3.63) is 29.8 Å². The molecule has 0 radical (unpaired) electrons. The van der Waals surface area contributed by atoms with E-state index in [0.717, 1.165) is 17.7 Å². The Morgan fingerprint density at radius 2 is 2.10 bits per heavy atom. The minimum Gasteiger partial charge on any atom is -0.497 e.